The van der Waals surface area contributed by atoms with Gasteiger partial charge in [0.1, 0.15) is 5.75 Å². The molecule has 0 aliphatic heterocycles. The van der Waals surface area contributed by atoms with E-state index >= 15 is 0 Å². The van der Waals surface area contributed by atoms with Gasteiger partial charge in [0, 0.05) is 6.42 Å². The zero-order chi connectivity index (χ0) is 11.9. The molecule has 1 aromatic rings. The van der Waals surface area contributed by atoms with E-state index in [4.69, 9.17) is 14.5 Å². The summed E-state index contributed by atoms with van der Waals surface area (Å²) in [5.74, 6) is 0.888. The molecule has 0 aliphatic carbocycles. The van der Waals surface area contributed by atoms with Gasteiger partial charge in [-0.05, 0) is 32.9 Å². The van der Waals surface area contributed by atoms with E-state index in [0.29, 0.717) is 13.2 Å². The Morgan fingerprint density at radius 1 is 1.00 bits per heavy atom. The molecule has 90 valence electrons. The van der Waals surface area contributed by atoms with E-state index in [9.17, 15) is 0 Å². The summed E-state index contributed by atoms with van der Waals surface area (Å²) in [6.07, 6.45) is 0.810. The van der Waals surface area contributed by atoms with Crippen molar-refractivity contribution in [3.05, 3.63) is 30.3 Å². The molecule has 0 heterocycles. The number of hydrogen-bond donors (Lipinski definition) is 0. The highest BCUT2D eigenvalue weighted by atomic mass is 17.2. The van der Waals surface area contributed by atoms with Crippen molar-refractivity contribution in [2.45, 2.75) is 32.8 Å². The lowest BCUT2D eigenvalue weighted by atomic mass is 10.2. The molecule has 1 rings (SSSR count). The summed E-state index contributed by atoms with van der Waals surface area (Å²) < 4.78 is 5.50. The average molecular weight is 224 g/mol. The van der Waals surface area contributed by atoms with E-state index in [-0.39, 0.29) is 5.60 Å². The number of rotatable bonds is 6. The van der Waals surface area contributed by atoms with Crippen LogP contribution in [0, 0.1) is 0 Å². The minimum absolute atomic E-state index is 0.250. The Hall–Kier alpha value is -1.06. The number of para-hydroxylation sites is 1. The fourth-order valence-electron chi connectivity index (χ4n) is 1.04. The van der Waals surface area contributed by atoms with Gasteiger partial charge in [0.25, 0.3) is 0 Å². The van der Waals surface area contributed by atoms with Crippen molar-refractivity contribution in [1.82, 2.24) is 0 Å². The lowest BCUT2D eigenvalue weighted by Gasteiger charge is -2.17. The summed E-state index contributed by atoms with van der Waals surface area (Å²) in [7, 11) is 0. The van der Waals surface area contributed by atoms with Crippen molar-refractivity contribution in [3.63, 3.8) is 0 Å². The standard InChI is InChI=1S/C13H20O3/c1-13(2,3)16-15-11-7-10-14-12-8-5-4-6-9-12/h4-6,8-9H,7,10-11H2,1-3H3. The number of benzene rings is 1. The molecule has 0 N–H and O–H groups in total. The molecule has 0 radical (unpaired) electrons. The molecule has 3 nitrogen and oxygen atoms in total. The van der Waals surface area contributed by atoms with E-state index in [2.05, 4.69) is 0 Å². The smallest absolute Gasteiger partial charge is 0.119 e. The Balaban J connectivity index is 2.01. The maximum atomic E-state index is 5.50. The van der Waals surface area contributed by atoms with Gasteiger partial charge >= 0.3 is 0 Å². The third kappa shape index (κ3) is 6.43. The van der Waals surface area contributed by atoms with E-state index < -0.39 is 0 Å². The Bertz CT molecular complexity index is 277. The minimum atomic E-state index is -0.250. The second-order valence-corrected chi connectivity index (χ2v) is 4.53. The first-order chi connectivity index (χ1) is 7.58. The molecule has 0 bridgehead atoms. The molecule has 0 saturated carbocycles. The predicted octanol–water partition coefficient (Wildman–Crippen LogP) is 3.20. The maximum Gasteiger partial charge on any atom is 0.119 e. The molecule has 0 atom stereocenters. The fraction of sp³-hybridized carbons (Fsp3) is 0.538. The van der Waals surface area contributed by atoms with Gasteiger partial charge in [-0.3, -0.25) is 0 Å². The highest BCUT2D eigenvalue weighted by Crippen LogP contribution is 2.09. The van der Waals surface area contributed by atoms with Crippen molar-refractivity contribution >= 4 is 0 Å². The molecule has 0 unspecified atom stereocenters. The molecule has 0 fully saturated rings. The van der Waals surface area contributed by atoms with Gasteiger partial charge in [-0.15, -0.1) is 0 Å². The van der Waals surface area contributed by atoms with Crippen molar-refractivity contribution in [2.75, 3.05) is 13.2 Å². The molecule has 0 spiro atoms. The van der Waals surface area contributed by atoms with Crippen molar-refractivity contribution in [3.8, 4) is 5.75 Å². The van der Waals surface area contributed by atoms with E-state index in [1.807, 2.05) is 51.1 Å². The molecular formula is C13H20O3. The molecule has 0 aliphatic rings. The largest absolute Gasteiger partial charge is 0.494 e. The van der Waals surface area contributed by atoms with Crippen LogP contribution in [0.4, 0.5) is 0 Å². The van der Waals surface area contributed by atoms with Crippen LogP contribution in [0.3, 0.4) is 0 Å². The Morgan fingerprint density at radius 2 is 1.69 bits per heavy atom. The van der Waals surface area contributed by atoms with Gasteiger partial charge in [0.2, 0.25) is 0 Å². The van der Waals surface area contributed by atoms with Crippen LogP contribution in [0.5, 0.6) is 5.75 Å². The SMILES string of the molecule is CC(C)(C)OOCCCOc1ccccc1. The summed E-state index contributed by atoms with van der Waals surface area (Å²) >= 11 is 0. The summed E-state index contributed by atoms with van der Waals surface area (Å²) in [6.45, 7) is 7.04. The summed E-state index contributed by atoms with van der Waals surface area (Å²) in [5, 5.41) is 0. The molecule has 1 aromatic carbocycles. The highest BCUT2D eigenvalue weighted by molar-refractivity contribution is 5.20. The second kappa shape index (κ2) is 6.51. The number of ether oxygens (including phenoxy) is 1. The Kier molecular flexibility index (Phi) is 5.29. The first kappa shape index (κ1) is 13.0. The van der Waals surface area contributed by atoms with Crippen LogP contribution in [0.15, 0.2) is 30.3 Å². The molecular weight excluding hydrogens is 204 g/mol. The van der Waals surface area contributed by atoms with Crippen LogP contribution >= 0.6 is 0 Å². The molecule has 0 aromatic heterocycles. The van der Waals surface area contributed by atoms with Crippen LogP contribution < -0.4 is 4.74 Å². The normalized spacial score (nSPS) is 11.4. The summed E-state index contributed by atoms with van der Waals surface area (Å²) in [4.78, 5) is 10.2. The lowest BCUT2D eigenvalue weighted by molar-refractivity contribution is -0.348. The maximum absolute atomic E-state index is 5.50. The predicted molar refractivity (Wildman–Crippen MR) is 63.3 cm³/mol. The molecule has 0 saturated heterocycles. The third-order valence-electron chi connectivity index (χ3n) is 1.69. The van der Waals surface area contributed by atoms with E-state index in [1.54, 1.807) is 0 Å². The average Bonchev–Trinajstić information content (AvgIpc) is 2.23. The summed E-state index contributed by atoms with van der Waals surface area (Å²) in [5.41, 5.74) is -0.250. The van der Waals surface area contributed by atoms with Crippen LogP contribution in [0.2, 0.25) is 0 Å². The quantitative estimate of drug-likeness (QED) is 0.422. The van der Waals surface area contributed by atoms with Crippen molar-refractivity contribution in [2.24, 2.45) is 0 Å². The zero-order valence-electron chi connectivity index (χ0n) is 10.2. The minimum Gasteiger partial charge on any atom is -0.494 e. The second-order valence-electron chi connectivity index (χ2n) is 4.53. The Labute approximate surface area is 97.3 Å². The lowest BCUT2D eigenvalue weighted by Crippen LogP contribution is -2.20. The first-order valence-corrected chi connectivity index (χ1v) is 5.56. The summed E-state index contributed by atoms with van der Waals surface area (Å²) in [6, 6.07) is 9.75. The zero-order valence-corrected chi connectivity index (χ0v) is 10.2. The van der Waals surface area contributed by atoms with Gasteiger partial charge in [0.15, 0.2) is 0 Å². The third-order valence-corrected chi connectivity index (χ3v) is 1.69. The van der Waals surface area contributed by atoms with Crippen LogP contribution in [-0.4, -0.2) is 18.8 Å². The van der Waals surface area contributed by atoms with Crippen molar-refractivity contribution < 1.29 is 14.5 Å². The van der Waals surface area contributed by atoms with Crippen LogP contribution in [0.25, 0.3) is 0 Å². The van der Waals surface area contributed by atoms with Gasteiger partial charge < -0.3 is 4.74 Å². The fourth-order valence-corrected chi connectivity index (χ4v) is 1.04. The molecule has 16 heavy (non-hydrogen) atoms. The topological polar surface area (TPSA) is 27.7 Å². The van der Waals surface area contributed by atoms with Gasteiger partial charge in [0.05, 0.1) is 18.8 Å². The monoisotopic (exact) mass is 224 g/mol. The van der Waals surface area contributed by atoms with Gasteiger partial charge in [-0.25, -0.2) is 9.78 Å². The number of hydrogen-bond acceptors (Lipinski definition) is 3. The van der Waals surface area contributed by atoms with Gasteiger partial charge in [-0.2, -0.15) is 0 Å². The Morgan fingerprint density at radius 3 is 2.31 bits per heavy atom. The van der Waals surface area contributed by atoms with Gasteiger partial charge in [-0.1, -0.05) is 18.2 Å². The molecule has 3 heteroatoms. The van der Waals surface area contributed by atoms with Crippen LogP contribution in [-0.2, 0) is 9.78 Å². The van der Waals surface area contributed by atoms with E-state index in [1.165, 1.54) is 0 Å². The van der Waals surface area contributed by atoms with E-state index in [0.717, 1.165) is 12.2 Å². The highest BCUT2D eigenvalue weighted by Gasteiger charge is 2.10. The van der Waals surface area contributed by atoms with Crippen LogP contribution in [0.1, 0.15) is 27.2 Å². The molecule has 0 amide bonds. The first-order valence-electron chi connectivity index (χ1n) is 5.56. The van der Waals surface area contributed by atoms with Crippen molar-refractivity contribution in [1.29, 1.82) is 0 Å².